The molecule has 1 unspecified atom stereocenters. The van der Waals surface area contributed by atoms with E-state index in [2.05, 4.69) is 5.32 Å². The normalized spacial score (nSPS) is 16.6. The van der Waals surface area contributed by atoms with Crippen LogP contribution in [0.25, 0.3) is 0 Å². The predicted octanol–water partition coefficient (Wildman–Crippen LogP) is 3.76. The molecule has 1 atom stereocenters. The molecule has 0 aliphatic carbocycles. The highest BCUT2D eigenvalue weighted by molar-refractivity contribution is 6.30. The number of halogens is 1. The van der Waals surface area contributed by atoms with Crippen LogP contribution < -0.4 is 10.2 Å². The van der Waals surface area contributed by atoms with Crippen LogP contribution in [0.2, 0.25) is 5.02 Å². The summed E-state index contributed by atoms with van der Waals surface area (Å²) in [5, 5.41) is 12.5. The first kappa shape index (κ1) is 19.4. The van der Waals surface area contributed by atoms with Crippen molar-refractivity contribution in [1.82, 2.24) is 5.32 Å². The lowest BCUT2D eigenvalue weighted by Crippen LogP contribution is -2.48. The summed E-state index contributed by atoms with van der Waals surface area (Å²) in [4.78, 5) is 37.9. The average Bonchev–Trinajstić information content (AvgIpc) is 2.68. The predicted molar refractivity (Wildman–Crippen MR) is 103 cm³/mol. The molecule has 0 saturated carbocycles. The van der Waals surface area contributed by atoms with Gasteiger partial charge in [-0.2, -0.15) is 0 Å². The first-order chi connectivity index (χ1) is 13.3. The second-order valence-electron chi connectivity index (χ2n) is 6.12. The maximum absolute atomic E-state index is 12.8. The average molecular weight is 401 g/mol. The fourth-order valence-corrected chi connectivity index (χ4v) is 3.24. The first-order valence-electron chi connectivity index (χ1n) is 8.32. The molecule has 1 heterocycles. The number of aromatic carboxylic acids is 1. The molecule has 3 rings (SSSR count). The molecular weight excluding hydrogens is 384 g/mol. The number of nitrogens with zero attached hydrogens (tertiary/aromatic N) is 1. The number of carboxylic acid groups (broad SMARTS) is 1. The third-order valence-corrected chi connectivity index (χ3v) is 4.70. The zero-order chi connectivity index (χ0) is 20.4. The first-order valence-corrected chi connectivity index (χ1v) is 8.69. The number of carbonyl (C=O) groups excluding carboxylic acids is 2. The second kappa shape index (κ2) is 7.74. The highest BCUT2D eigenvalue weighted by Crippen LogP contribution is 2.34. The molecule has 0 spiro atoms. The van der Waals surface area contributed by atoms with E-state index < -0.39 is 24.0 Å². The number of carboxylic acids is 1. The number of anilines is 1. The fraction of sp³-hybridized carbons (Fsp3) is 0.150. The van der Waals surface area contributed by atoms with Gasteiger partial charge in [-0.3, -0.25) is 4.90 Å². The summed E-state index contributed by atoms with van der Waals surface area (Å²) in [6, 6.07) is 11.4. The topological polar surface area (TPSA) is 95.9 Å². The lowest BCUT2D eigenvalue weighted by molar-refractivity contribution is -0.136. The van der Waals surface area contributed by atoms with Crippen LogP contribution in [0.3, 0.4) is 0 Å². The molecular formula is C20H17ClN2O5. The maximum atomic E-state index is 12.8. The van der Waals surface area contributed by atoms with Crippen LogP contribution in [-0.4, -0.2) is 30.2 Å². The van der Waals surface area contributed by atoms with Crippen LogP contribution in [0.15, 0.2) is 59.8 Å². The van der Waals surface area contributed by atoms with Gasteiger partial charge in [0.15, 0.2) is 0 Å². The number of hydrogen-bond acceptors (Lipinski definition) is 4. The van der Waals surface area contributed by atoms with Crippen LogP contribution in [-0.2, 0) is 9.53 Å². The van der Waals surface area contributed by atoms with E-state index in [4.69, 9.17) is 16.3 Å². The number of ether oxygens (including phenoxy) is 1. The highest BCUT2D eigenvalue weighted by atomic mass is 35.5. The van der Waals surface area contributed by atoms with Crippen molar-refractivity contribution in [2.75, 3.05) is 12.0 Å². The molecule has 0 aromatic heterocycles. The minimum Gasteiger partial charge on any atom is -0.478 e. The van der Waals surface area contributed by atoms with Crippen molar-refractivity contribution in [2.24, 2.45) is 0 Å². The summed E-state index contributed by atoms with van der Waals surface area (Å²) in [5.41, 5.74) is 1.60. The Hall–Kier alpha value is -3.32. The third kappa shape index (κ3) is 3.57. The molecule has 8 heteroatoms. The van der Waals surface area contributed by atoms with Gasteiger partial charge in [0.2, 0.25) is 0 Å². The molecule has 2 aromatic carbocycles. The Balaban J connectivity index is 2.13. The highest BCUT2D eigenvalue weighted by Gasteiger charge is 2.37. The zero-order valence-corrected chi connectivity index (χ0v) is 15.9. The number of hydrogen-bond donors (Lipinski definition) is 2. The number of amides is 2. The number of methoxy groups -OCH3 is 1. The zero-order valence-electron chi connectivity index (χ0n) is 15.1. The summed E-state index contributed by atoms with van der Waals surface area (Å²) < 4.78 is 4.92. The van der Waals surface area contributed by atoms with E-state index in [1.165, 1.54) is 30.2 Å². The van der Waals surface area contributed by atoms with Crippen molar-refractivity contribution in [3.63, 3.8) is 0 Å². The Labute approximate surface area is 166 Å². The SMILES string of the molecule is COC(=O)C1=C(C)N(c2cccc(C(=O)O)c2)C(=O)NC1c1ccc(Cl)cc1. The van der Waals surface area contributed by atoms with Gasteiger partial charge in [-0.05, 0) is 42.8 Å². The molecule has 7 nitrogen and oxygen atoms in total. The van der Waals surface area contributed by atoms with Crippen LogP contribution in [0.5, 0.6) is 0 Å². The smallest absolute Gasteiger partial charge is 0.337 e. The number of allylic oxidation sites excluding steroid dienone is 1. The number of nitrogens with one attached hydrogen (secondary N) is 1. The van der Waals surface area contributed by atoms with E-state index in [-0.39, 0.29) is 11.1 Å². The molecule has 0 radical (unpaired) electrons. The Bertz CT molecular complexity index is 984. The molecule has 2 amide bonds. The molecule has 0 bridgehead atoms. The van der Waals surface area contributed by atoms with E-state index in [1.54, 1.807) is 37.3 Å². The third-order valence-electron chi connectivity index (χ3n) is 4.44. The lowest BCUT2D eigenvalue weighted by Gasteiger charge is -2.35. The van der Waals surface area contributed by atoms with Gasteiger partial charge in [0.05, 0.1) is 30.0 Å². The maximum Gasteiger partial charge on any atom is 0.337 e. The molecule has 28 heavy (non-hydrogen) atoms. The summed E-state index contributed by atoms with van der Waals surface area (Å²) in [7, 11) is 1.26. The number of esters is 1. The second-order valence-corrected chi connectivity index (χ2v) is 6.55. The Morgan fingerprint density at radius 3 is 2.46 bits per heavy atom. The largest absolute Gasteiger partial charge is 0.478 e. The van der Waals surface area contributed by atoms with Crippen LogP contribution >= 0.6 is 11.6 Å². The molecule has 0 fully saturated rings. The number of urea groups is 1. The van der Waals surface area contributed by atoms with Gasteiger partial charge in [-0.15, -0.1) is 0 Å². The Morgan fingerprint density at radius 2 is 1.86 bits per heavy atom. The van der Waals surface area contributed by atoms with Gasteiger partial charge in [0.1, 0.15) is 0 Å². The van der Waals surface area contributed by atoms with Crippen molar-refractivity contribution >= 4 is 35.3 Å². The fourth-order valence-electron chi connectivity index (χ4n) is 3.11. The van der Waals surface area contributed by atoms with Gasteiger partial charge < -0.3 is 15.2 Å². The van der Waals surface area contributed by atoms with E-state index in [9.17, 15) is 19.5 Å². The standard InChI is InChI=1S/C20H17ClN2O5/c1-11-16(19(26)28-2)17(12-6-8-14(21)9-7-12)22-20(27)23(11)15-5-3-4-13(10-15)18(24)25/h3-10,17H,1-2H3,(H,22,27)(H,24,25). The molecule has 2 N–H and O–H groups in total. The summed E-state index contributed by atoms with van der Waals surface area (Å²) in [6.07, 6.45) is 0. The van der Waals surface area contributed by atoms with E-state index in [0.29, 0.717) is 22.0 Å². The van der Waals surface area contributed by atoms with Crippen molar-refractivity contribution in [3.8, 4) is 0 Å². The van der Waals surface area contributed by atoms with E-state index >= 15 is 0 Å². The lowest BCUT2D eigenvalue weighted by atomic mass is 9.94. The van der Waals surface area contributed by atoms with Gasteiger partial charge in [0.25, 0.3) is 0 Å². The monoisotopic (exact) mass is 400 g/mol. The Kier molecular flexibility index (Phi) is 5.37. The van der Waals surface area contributed by atoms with Gasteiger partial charge in [-0.1, -0.05) is 29.8 Å². The van der Waals surface area contributed by atoms with Crippen molar-refractivity contribution < 1.29 is 24.2 Å². The van der Waals surface area contributed by atoms with Crippen molar-refractivity contribution in [1.29, 1.82) is 0 Å². The molecule has 1 aliphatic heterocycles. The number of benzene rings is 2. The molecule has 2 aromatic rings. The number of carbonyl (C=O) groups is 3. The van der Waals surface area contributed by atoms with Gasteiger partial charge >= 0.3 is 18.0 Å². The molecule has 1 aliphatic rings. The summed E-state index contributed by atoms with van der Waals surface area (Å²) in [5.74, 6) is -1.72. The van der Waals surface area contributed by atoms with Crippen molar-refractivity contribution in [3.05, 3.63) is 76.0 Å². The van der Waals surface area contributed by atoms with Crippen LogP contribution in [0.1, 0.15) is 28.9 Å². The molecule has 144 valence electrons. The van der Waals surface area contributed by atoms with Crippen LogP contribution in [0.4, 0.5) is 10.5 Å². The minimum atomic E-state index is -1.12. The molecule has 0 saturated heterocycles. The van der Waals surface area contributed by atoms with Crippen molar-refractivity contribution in [2.45, 2.75) is 13.0 Å². The quantitative estimate of drug-likeness (QED) is 0.762. The summed E-state index contributed by atoms with van der Waals surface area (Å²) >= 11 is 5.93. The minimum absolute atomic E-state index is 0.0255. The van der Waals surface area contributed by atoms with Crippen LogP contribution in [0, 0.1) is 0 Å². The van der Waals surface area contributed by atoms with Gasteiger partial charge in [0, 0.05) is 10.7 Å². The summed E-state index contributed by atoms with van der Waals surface area (Å²) in [6.45, 7) is 1.61. The number of rotatable bonds is 4. The van der Waals surface area contributed by atoms with Gasteiger partial charge in [-0.25, -0.2) is 14.4 Å². The Morgan fingerprint density at radius 1 is 1.18 bits per heavy atom. The van der Waals surface area contributed by atoms with E-state index in [0.717, 1.165) is 0 Å². The van der Waals surface area contributed by atoms with E-state index in [1.807, 2.05) is 0 Å².